The molecule has 2 fully saturated rings. The van der Waals surface area contributed by atoms with Crippen LogP contribution in [-0.4, -0.2) is 35.6 Å². The normalized spacial score (nSPS) is 21.7. The van der Waals surface area contributed by atoms with Crippen LogP contribution in [-0.2, 0) is 10.9 Å². The first kappa shape index (κ1) is 19.1. The van der Waals surface area contributed by atoms with Gasteiger partial charge in [0.1, 0.15) is 0 Å². The maximum atomic E-state index is 13.2. The summed E-state index contributed by atoms with van der Waals surface area (Å²) < 4.78 is 45.4. The van der Waals surface area contributed by atoms with Crippen LogP contribution >= 0.6 is 11.8 Å². The van der Waals surface area contributed by atoms with Gasteiger partial charge in [-0.15, -0.1) is 0 Å². The molecule has 26 heavy (non-hydrogen) atoms. The number of hydrogen-bond acceptors (Lipinski definition) is 4. The predicted octanol–water partition coefficient (Wildman–Crippen LogP) is 5.46. The average Bonchev–Trinajstić information content (AvgIpc) is 2.63. The lowest BCUT2D eigenvalue weighted by molar-refractivity contribution is -0.137. The van der Waals surface area contributed by atoms with Gasteiger partial charge in [0.15, 0.2) is 0 Å². The summed E-state index contributed by atoms with van der Waals surface area (Å²) in [7, 11) is 0. The van der Waals surface area contributed by atoms with Crippen molar-refractivity contribution in [1.82, 2.24) is 4.90 Å². The van der Waals surface area contributed by atoms with E-state index in [4.69, 9.17) is 4.74 Å². The van der Waals surface area contributed by atoms with Crippen molar-refractivity contribution in [3.8, 4) is 0 Å². The molecule has 0 N–H and O–H groups in total. The first-order chi connectivity index (χ1) is 12.3. The topological polar surface area (TPSA) is 41.9 Å². The van der Waals surface area contributed by atoms with E-state index >= 15 is 0 Å². The van der Waals surface area contributed by atoms with Crippen LogP contribution in [0.15, 0.2) is 29.3 Å². The Bertz CT molecular complexity index is 700. The van der Waals surface area contributed by atoms with E-state index in [2.05, 4.69) is 4.99 Å². The van der Waals surface area contributed by atoms with Gasteiger partial charge in [-0.3, -0.25) is 9.69 Å². The molecule has 1 heterocycles. The highest BCUT2D eigenvalue weighted by Crippen LogP contribution is 2.41. The molecule has 142 valence electrons. The largest absolute Gasteiger partial charge is 0.464 e. The Kier molecular flexibility index (Phi) is 5.50. The van der Waals surface area contributed by atoms with Gasteiger partial charge in [-0.05, 0) is 31.2 Å². The van der Waals surface area contributed by atoms with Crippen molar-refractivity contribution in [2.45, 2.75) is 38.3 Å². The third-order valence-electron chi connectivity index (χ3n) is 4.97. The molecular weight excluding hydrogens is 365 g/mol. The van der Waals surface area contributed by atoms with Gasteiger partial charge in [-0.2, -0.15) is 18.2 Å². The Balaban J connectivity index is 1.94. The van der Waals surface area contributed by atoms with Gasteiger partial charge in [0.2, 0.25) is 0 Å². The number of para-hydroxylation sites is 1. The van der Waals surface area contributed by atoms with Crippen LogP contribution in [0.4, 0.5) is 23.7 Å². The smallest absolute Gasteiger partial charge is 0.418 e. The van der Waals surface area contributed by atoms with Gasteiger partial charge >= 0.3 is 6.18 Å². The number of rotatable bonds is 1. The molecule has 1 aromatic carbocycles. The number of nitrogens with zero attached hydrogens (tertiary/aromatic N) is 2. The monoisotopic (exact) mass is 386 g/mol. The standard InChI is InChI=1S/C18H21F3N2O2S/c1-26-16(24)23-11-17(9-5-2-6-10-17)12-25-15(23)22-14-8-4-3-7-13(14)18(19,20)21/h3-4,7-8H,2,5-6,9-12H2,1H3. The Morgan fingerprint density at radius 2 is 1.92 bits per heavy atom. The highest BCUT2D eigenvalue weighted by molar-refractivity contribution is 8.12. The number of carbonyl (C=O) groups is 1. The first-order valence-electron chi connectivity index (χ1n) is 8.58. The minimum atomic E-state index is -4.52. The van der Waals surface area contributed by atoms with E-state index in [1.165, 1.54) is 23.1 Å². The van der Waals surface area contributed by atoms with Crippen molar-refractivity contribution in [3.63, 3.8) is 0 Å². The Hall–Kier alpha value is -1.70. The van der Waals surface area contributed by atoms with E-state index in [-0.39, 0.29) is 22.4 Å². The molecule has 0 atom stereocenters. The summed E-state index contributed by atoms with van der Waals surface area (Å²) in [4.78, 5) is 17.9. The fourth-order valence-electron chi connectivity index (χ4n) is 3.61. The minimum absolute atomic E-state index is 0.0442. The number of ether oxygens (including phenoxy) is 1. The molecule has 1 saturated carbocycles. The number of alkyl halides is 3. The quantitative estimate of drug-likeness (QED) is 0.644. The molecule has 2 aliphatic rings. The zero-order chi connectivity index (χ0) is 18.8. The summed E-state index contributed by atoms with van der Waals surface area (Å²) in [5.74, 6) is 0. The third kappa shape index (κ3) is 4.00. The van der Waals surface area contributed by atoms with Gasteiger partial charge in [-0.25, -0.2) is 0 Å². The number of amidine groups is 1. The van der Waals surface area contributed by atoms with Crippen LogP contribution in [0.25, 0.3) is 0 Å². The van der Waals surface area contributed by atoms with E-state index < -0.39 is 11.7 Å². The van der Waals surface area contributed by atoms with Crippen LogP contribution in [0.1, 0.15) is 37.7 Å². The van der Waals surface area contributed by atoms with Crippen molar-refractivity contribution in [2.75, 3.05) is 19.4 Å². The highest BCUT2D eigenvalue weighted by Gasteiger charge is 2.42. The van der Waals surface area contributed by atoms with E-state index in [9.17, 15) is 18.0 Å². The van der Waals surface area contributed by atoms with Crippen molar-refractivity contribution in [2.24, 2.45) is 10.4 Å². The SMILES string of the molecule is CSC(=O)N1CC2(CCCCC2)COC1=Nc1ccccc1C(F)(F)F. The van der Waals surface area contributed by atoms with Gasteiger partial charge in [-0.1, -0.05) is 43.2 Å². The lowest BCUT2D eigenvalue weighted by Gasteiger charge is -2.44. The van der Waals surface area contributed by atoms with Crippen LogP contribution < -0.4 is 0 Å². The average molecular weight is 386 g/mol. The number of benzene rings is 1. The molecule has 1 aromatic rings. The minimum Gasteiger partial charge on any atom is -0.464 e. The summed E-state index contributed by atoms with van der Waals surface area (Å²) >= 11 is 1.01. The van der Waals surface area contributed by atoms with E-state index in [0.717, 1.165) is 49.9 Å². The van der Waals surface area contributed by atoms with E-state index in [0.29, 0.717) is 13.2 Å². The number of halogens is 3. The molecule has 3 rings (SSSR count). The first-order valence-corrected chi connectivity index (χ1v) is 9.80. The fraction of sp³-hybridized carbons (Fsp3) is 0.556. The molecule has 1 aliphatic heterocycles. The van der Waals surface area contributed by atoms with E-state index in [1.54, 1.807) is 6.26 Å². The summed E-state index contributed by atoms with van der Waals surface area (Å²) in [6, 6.07) is 5.02. The van der Waals surface area contributed by atoms with Crippen LogP contribution in [0.3, 0.4) is 0 Å². The number of aliphatic imine (C=N–C) groups is 1. The molecule has 0 bridgehead atoms. The molecule has 1 amide bonds. The summed E-state index contributed by atoms with van der Waals surface area (Å²) in [5, 5.41) is -0.266. The predicted molar refractivity (Wildman–Crippen MR) is 95.6 cm³/mol. The molecule has 1 saturated heterocycles. The number of carbonyl (C=O) groups excluding carboxylic acids is 1. The van der Waals surface area contributed by atoms with Crippen LogP contribution in [0.2, 0.25) is 0 Å². The van der Waals surface area contributed by atoms with Crippen LogP contribution in [0.5, 0.6) is 0 Å². The fourth-order valence-corrected chi connectivity index (χ4v) is 3.97. The summed E-state index contributed by atoms with van der Waals surface area (Å²) in [5.41, 5.74) is -1.20. The maximum Gasteiger partial charge on any atom is 0.418 e. The van der Waals surface area contributed by atoms with Crippen LogP contribution in [0, 0.1) is 5.41 Å². The van der Waals surface area contributed by atoms with E-state index in [1.807, 2.05) is 0 Å². The molecule has 0 unspecified atom stereocenters. The van der Waals surface area contributed by atoms with Crippen molar-refractivity contribution >= 4 is 28.7 Å². The molecule has 4 nitrogen and oxygen atoms in total. The number of thioether (sulfide) groups is 1. The zero-order valence-electron chi connectivity index (χ0n) is 14.5. The second-order valence-electron chi connectivity index (χ2n) is 6.81. The van der Waals surface area contributed by atoms with Crippen molar-refractivity contribution in [3.05, 3.63) is 29.8 Å². The lowest BCUT2D eigenvalue weighted by atomic mass is 9.74. The second kappa shape index (κ2) is 7.50. The van der Waals surface area contributed by atoms with Crippen molar-refractivity contribution in [1.29, 1.82) is 0 Å². The molecule has 1 aliphatic carbocycles. The molecule has 0 radical (unpaired) electrons. The van der Waals surface area contributed by atoms with Gasteiger partial charge in [0.05, 0.1) is 17.9 Å². The Morgan fingerprint density at radius 1 is 1.23 bits per heavy atom. The number of hydrogen-bond donors (Lipinski definition) is 0. The molecule has 1 spiro atoms. The van der Waals surface area contributed by atoms with Gasteiger partial charge in [0.25, 0.3) is 11.3 Å². The van der Waals surface area contributed by atoms with Gasteiger partial charge < -0.3 is 4.74 Å². The van der Waals surface area contributed by atoms with Crippen molar-refractivity contribution < 1.29 is 22.7 Å². The second-order valence-corrected chi connectivity index (χ2v) is 7.57. The maximum absolute atomic E-state index is 13.2. The third-order valence-corrected chi connectivity index (χ3v) is 5.54. The highest BCUT2D eigenvalue weighted by atomic mass is 32.2. The summed E-state index contributed by atoms with van der Waals surface area (Å²) in [6.45, 7) is 0.831. The number of amides is 1. The summed E-state index contributed by atoms with van der Waals surface area (Å²) in [6.07, 6.45) is 2.36. The molecule has 0 aromatic heterocycles. The zero-order valence-corrected chi connectivity index (χ0v) is 15.3. The molecular formula is C18H21F3N2O2S. The van der Waals surface area contributed by atoms with Gasteiger partial charge in [0, 0.05) is 12.0 Å². The Morgan fingerprint density at radius 3 is 2.58 bits per heavy atom. The Labute approximate surface area is 154 Å². The molecule has 8 heteroatoms. The lowest BCUT2D eigenvalue weighted by Crippen LogP contribution is -2.52.